The van der Waals surface area contributed by atoms with Crippen molar-refractivity contribution >= 4 is 5.78 Å². The van der Waals surface area contributed by atoms with Crippen LogP contribution in [-0.4, -0.2) is 21.6 Å². The maximum Gasteiger partial charge on any atom is 0.155 e. The van der Waals surface area contributed by atoms with Gasteiger partial charge in [-0.15, -0.1) is 0 Å². The van der Waals surface area contributed by atoms with Crippen molar-refractivity contribution in [1.29, 1.82) is 0 Å². The molecule has 1 aromatic rings. The van der Waals surface area contributed by atoms with Gasteiger partial charge in [0.15, 0.2) is 5.78 Å². The second-order valence-electron chi connectivity index (χ2n) is 3.76. The van der Waals surface area contributed by atoms with E-state index in [2.05, 4.69) is 5.10 Å². The highest BCUT2D eigenvalue weighted by molar-refractivity contribution is 5.85. The van der Waals surface area contributed by atoms with Crippen LogP contribution in [0.15, 0.2) is 6.07 Å². The fraction of sp³-hybridized carbons (Fsp3) is 0.636. The van der Waals surface area contributed by atoms with E-state index in [9.17, 15) is 4.79 Å². The van der Waals surface area contributed by atoms with Crippen LogP contribution in [0, 0.1) is 0 Å². The Bertz CT molecular complexity index is 344. The van der Waals surface area contributed by atoms with E-state index in [-0.39, 0.29) is 11.8 Å². The van der Waals surface area contributed by atoms with Gasteiger partial charge < -0.3 is 5.73 Å². The zero-order valence-corrected chi connectivity index (χ0v) is 9.66. The average Bonchev–Trinajstić information content (AvgIpc) is 2.58. The minimum absolute atomic E-state index is 0.0863. The Morgan fingerprint density at radius 3 is 2.73 bits per heavy atom. The fourth-order valence-corrected chi connectivity index (χ4v) is 1.45. The summed E-state index contributed by atoms with van der Waals surface area (Å²) in [6.45, 7) is 3.97. The van der Waals surface area contributed by atoms with Crippen molar-refractivity contribution in [2.45, 2.75) is 39.2 Å². The van der Waals surface area contributed by atoms with Crippen molar-refractivity contribution < 1.29 is 4.79 Å². The Morgan fingerprint density at radius 1 is 1.60 bits per heavy atom. The van der Waals surface area contributed by atoms with Gasteiger partial charge in [0, 0.05) is 19.2 Å². The summed E-state index contributed by atoms with van der Waals surface area (Å²) in [7, 11) is 1.86. The minimum atomic E-state index is -0.343. The molecule has 1 unspecified atom stereocenters. The van der Waals surface area contributed by atoms with E-state index < -0.39 is 0 Å². The predicted octanol–water partition coefficient (Wildman–Crippen LogP) is 0.831. The van der Waals surface area contributed by atoms with Crippen LogP contribution in [0.25, 0.3) is 0 Å². The van der Waals surface area contributed by atoms with Gasteiger partial charge in [0.2, 0.25) is 0 Å². The standard InChI is InChI=1S/C11H19N3O/c1-4-8-6-9(14(3)13-8)7-11(15)10(12)5-2/h6,10H,4-5,7,12H2,1-3H3. The zero-order chi connectivity index (χ0) is 11.4. The minimum Gasteiger partial charge on any atom is -0.322 e. The molecule has 1 heterocycles. The van der Waals surface area contributed by atoms with Crippen LogP contribution in [0.1, 0.15) is 31.7 Å². The normalized spacial score (nSPS) is 12.8. The molecular formula is C11H19N3O. The number of rotatable bonds is 5. The number of aryl methyl sites for hydroxylation is 2. The summed E-state index contributed by atoms with van der Waals surface area (Å²) in [6, 6.07) is 1.63. The molecule has 0 amide bonds. The lowest BCUT2D eigenvalue weighted by Gasteiger charge is -2.06. The van der Waals surface area contributed by atoms with Crippen LogP contribution in [0.3, 0.4) is 0 Å². The quantitative estimate of drug-likeness (QED) is 0.781. The molecule has 0 saturated carbocycles. The number of carbonyl (C=O) groups is 1. The van der Waals surface area contributed by atoms with Gasteiger partial charge in [-0.3, -0.25) is 9.48 Å². The van der Waals surface area contributed by atoms with E-state index in [1.807, 2.05) is 27.0 Å². The number of carbonyl (C=O) groups excluding carboxylic acids is 1. The molecule has 15 heavy (non-hydrogen) atoms. The summed E-state index contributed by atoms with van der Waals surface area (Å²) in [5.74, 6) is 0.0863. The highest BCUT2D eigenvalue weighted by Gasteiger charge is 2.14. The Balaban J connectivity index is 2.71. The first-order valence-electron chi connectivity index (χ1n) is 5.38. The van der Waals surface area contributed by atoms with Gasteiger partial charge in [0.25, 0.3) is 0 Å². The summed E-state index contributed by atoms with van der Waals surface area (Å²) in [5.41, 5.74) is 7.64. The molecule has 0 saturated heterocycles. The van der Waals surface area contributed by atoms with Gasteiger partial charge in [-0.05, 0) is 18.9 Å². The maximum absolute atomic E-state index is 11.6. The zero-order valence-electron chi connectivity index (χ0n) is 9.66. The van der Waals surface area contributed by atoms with Crippen molar-refractivity contribution in [3.8, 4) is 0 Å². The van der Waals surface area contributed by atoms with Gasteiger partial charge in [-0.1, -0.05) is 13.8 Å². The van der Waals surface area contributed by atoms with E-state index in [0.717, 1.165) is 17.8 Å². The van der Waals surface area contributed by atoms with Crippen LogP contribution in [0.2, 0.25) is 0 Å². The Morgan fingerprint density at radius 2 is 2.27 bits per heavy atom. The second-order valence-corrected chi connectivity index (χ2v) is 3.76. The molecule has 4 nitrogen and oxygen atoms in total. The molecule has 0 aliphatic heterocycles. The SMILES string of the molecule is CCc1cc(CC(=O)C(N)CC)n(C)n1. The second kappa shape index (κ2) is 5.07. The number of hydrogen-bond acceptors (Lipinski definition) is 3. The number of hydrogen-bond donors (Lipinski definition) is 1. The van der Waals surface area contributed by atoms with E-state index in [4.69, 9.17) is 5.73 Å². The Kier molecular flexibility index (Phi) is 4.03. The molecule has 0 spiro atoms. The third-order valence-electron chi connectivity index (χ3n) is 2.60. The lowest BCUT2D eigenvalue weighted by atomic mass is 10.1. The van der Waals surface area contributed by atoms with E-state index >= 15 is 0 Å². The molecule has 0 fully saturated rings. The summed E-state index contributed by atoms with van der Waals surface area (Å²) in [6.07, 6.45) is 1.97. The van der Waals surface area contributed by atoms with Crippen molar-refractivity contribution in [3.05, 3.63) is 17.5 Å². The van der Waals surface area contributed by atoms with Crippen molar-refractivity contribution in [2.24, 2.45) is 12.8 Å². The fourth-order valence-electron chi connectivity index (χ4n) is 1.45. The number of ketones is 1. The molecule has 84 valence electrons. The summed E-state index contributed by atoms with van der Waals surface area (Å²) in [4.78, 5) is 11.6. The van der Waals surface area contributed by atoms with Crippen molar-refractivity contribution in [2.75, 3.05) is 0 Å². The Labute approximate surface area is 90.5 Å². The first-order valence-corrected chi connectivity index (χ1v) is 5.38. The van der Waals surface area contributed by atoms with Gasteiger partial charge in [0.05, 0.1) is 11.7 Å². The Hall–Kier alpha value is -1.16. The predicted molar refractivity (Wildman–Crippen MR) is 59.6 cm³/mol. The maximum atomic E-state index is 11.6. The van der Waals surface area contributed by atoms with Gasteiger partial charge in [-0.2, -0.15) is 5.10 Å². The number of Topliss-reactive ketones (excluding diaryl/α,β-unsaturated/α-hetero) is 1. The van der Waals surface area contributed by atoms with Crippen LogP contribution < -0.4 is 5.73 Å². The monoisotopic (exact) mass is 209 g/mol. The molecule has 1 atom stereocenters. The van der Waals surface area contributed by atoms with Crippen molar-refractivity contribution in [1.82, 2.24) is 9.78 Å². The van der Waals surface area contributed by atoms with E-state index in [1.54, 1.807) is 4.68 Å². The lowest BCUT2D eigenvalue weighted by molar-refractivity contribution is -0.119. The molecule has 0 radical (unpaired) electrons. The lowest BCUT2D eigenvalue weighted by Crippen LogP contribution is -2.31. The molecule has 1 rings (SSSR count). The van der Waals surface area contributed by atoms with Crippen LogP contribution in [0.5, 0.6) is 0 Å². The topological polar surface area (TPSA) is 60.9 Å². The molecule has 0 aliphatic carbocycles. The molecule has 0 aliphatic rings. The van der Waals surface area contributed by atoms with E-state index in [0.29, 0.717) is 12.8 Å². The number of nitrogens with two attached hydrogens (primary N) is 1. The average molecular weight is 209 g/mol. The first kappa shape index (κ1) is 11.9. The summed E-state index contributed by atoms with van der Waals surface area (Å²) in [5, 5.41) is 4.29. The van der Waals surface area contributed by atoms with Gasteiger partial charge >= 0.3 is 0 Å². The van der Waals surface area contributed by atoms with E-state index in [1.165, 1.54) is 0 Å². The highest BCUT2D eigenvalue weighted by Crippen LogP contribution is 2.06. The van der Waals surface area contributed by atoms with Crippen molar-refractivity contribution in [3.63, 3.8) is 0 Å². The van der Waals surface area contributed by atoms with Crippen LogP contribution >= 0.6 is 0 Å². The molecular weight excluding hydrogens is 190 g/mol. The van der Waals surface area contributed by atoms with Gasteiger partial charge in [-0.25, -0.2) is 0 Å². The number of aromatic nitrogens is 2. The first-order chi connectivity index (χ1) is 7.08. The third kappa shape index (κ3) is 2.89. The largest absolute Gasteiger partial charge is 0.322 e. The molecule has 1 aromatic heterocycles. The van der Waals surface area contributed by atoms with Gasteiger partial charge in [0.1, 0.15) is 0 Å². The number of nitrogens with zero attached hydrogens (tertiary/aromatic N) is 2. The highest BCUT2D eigenvalue weighted by atomic mass is 16.1. The molecule has 4 heteroatoms. The molecule has 0 aromatic carbocycles. The molecule has 2 N–H and O–H groups in total. The van der Waals surface area contributed by atoms with Crippen LogP contribution in [-0.2, 0) is 24.7 Å². The smallest absolute Gasteiger partial charge is 0.155 e. The summed E-state index contributed by atoms with van der Waals surface area (Å²) < 4.78 is 1.76. The third-order valence-corrected chi connectivity index (χ3v) is 2.60. The van der Waals surface area contributed by atoms with Crippen LogP contribution in [0.4, 0.5) is 0 Å². The summed E-state index contributed by atoms with van der Waals surface area (Å²) >= 11 is 0. The molecule has 0 bridgehead atoms.